The van der Waals surface area contributed by atoms with Crippen LogP contribution in [0, 0.1) is 19.8 Å². The van der Waals surface area contributed by atoms with E-state index < -0.39 is 10.0 Å². The first kappa shape index (κ1) is 18.8. The maximum absolute atomic E-state index is 12.3. The van der Waals surface area contributed by atoms with E-state index in [9.17, 15) is 13.2 Å². The third-order valence-corrected chi connectivity index (χ3v) is 5.75. The average molecular weight is 353 g/mol. The summed E-state index contributed by atoms with van der Waals surface area (Å²) in [4.78, 5) is 12.3. The van der Waals surface area contributed by atoms with Gasteiger partial charge in [-0.3, -0.25) is 9.10 Å². The van der Waals surface area contributed by atoms with Crippen molar-refractivity contribution in [3.8, 4) is 0 Å². The molecule has 134 valence electrons. The molecule has 0 radical (unpaired) electrons. The van der Waals surface area contributed by atoms with Crippen molar-refractivity contribution in [2.45, 2.75) is 46.0 Å². The molecule has 0 bridgehead atoms. The van der Waals surface area contributed by atoms with Gasteiger partial charge in [-0.05, 0) is 44.2 Å². The fraction of sp³-hybridized carbons (Fsp3) is 0.611. The second kappa shape index (κ2) is 8.01. The normalized spacial score (nSPS) is 16.0. The molecule has 0 spiro atoms. The molecule has 0 saturated heterocycles. The van der Waals surface area contributed by atoms with Gasteiger partial charge in [0.25, 0.3) is 0 Å². The predicted molar refractivity (Wildman–Crippen MR) is 97.7 cm³/mol. The first-order valence-corrected chi connectivity index (χ1v) is 10.4. The van der Waals surface area contributed by atoms with Crippen LogP contribution in [-0.2, 0) is 14.8 Å². The number of sulfonamides is 1. The lowest BCUT2D eigenvalue weighted by Crippen LogP contribution is -2.42. The van der Waals surface area contributed by atoms with Gasteiger partial charge in [0.15, 0.2) is 0 Å². The molecule has 2 rings (SSSR count). The third kappa shape index (κ3) is 5.23. The highest BCUT2D eigenvalue weighted by molar-refractivity contribution is 7.92. The molecule has 0 atom stereocenters. The summed E-state index contributed by atoms with van der Waals surface area (Å²) in [7, 11) is -3.52. The second-order valence-electron chi connectivity index (χ2n) is 6.87. The van der Waals surface area contributed by atoms with Gasteiger partial charge in [0, 0.05) is 6.54 Å². The molecule has 0 heterocycles. The number of anilines is 1. The first-order valence-electron chi connectivity index (χ1n) is 8.59. The van der Waals surface area contributed by atoms with Crippen LogP contribution in [0.4, 0.5) is 5.69 Å². The number of hydrogen-bond acceptors (Lipinski definition) is 3. The van der Waals surface area contributed by atoms with Crippen LogP contribution < -0.4 is 9.62 Å². The molecule has 1 fully saturated rings. The summed E-state index contributed by atoms with van der Waals surface area (Å²) in [5.41, 5.74) is 2.47. The van der Waals surface area contributed by atoms with Crippen LogP contribution in [-0.4, -0.2) is 33.7 Å². The van der Waals surface area contributed by atoms with Crippen molar-refractivity contribution in [3.63, 3.8) is 0 Å². The van der Waals surface area contributed by atoms with Crippen molar-refractivity contribution in [2.75, 3.05) is 23.7 Å². The molecule has 1 saturated carbocycles. The molecule has 1 aromatic rings. The van der Waals surface area contributed by atoms with Gasteiger partial charge < -0.3 is 5.32 Å². The van der Waals surface area contributed by atoms with E-state index >= 15 is 0 Å². The maximum Gasteiger partial charge on any atom is 0.240 e. The Hall–Kier alpha value is -1.56. The monoisotopic (exact) mass is 352 g/mol. The Balaban J connectivity index is 2.04. The summed E-state index contributed by atoms with van der Waals surface area (Å²) in [5.74, 6) is 0.279. The number of hydrogen-bond donors (Lipinski definition) is 1. The Morgan fingerprint density at radius 2 is 1.88 bits per heavy atom. The highest BCUT2D eigenvalue weighted by Gasteiger charge is 2.23. The van der Waals surface area contributed by atoms with E-state index in [1.165, 1.54) is 23.6 Å². The summed E-state index contributed by atoms with van der Waals surface area (Å²) in [6.45, 7) is 4.29. The molecule has 1 aliphatic rings. The molecule has 1 N–H and O–H groups in total. The maximum atomic E-state index is 12.3. The standard InChI is InChI=1S/C18H28N2O3S/c1-14-9-10-17(15(2)11-14)20(24(3,22)23)13-18(21)19-12-16-7-5-4-6-8-16/h9-11,16H,4-8,12-13H2,1-3H3,(H,19,21). The van der Waals surface area contributed by atoms with Gasteiger partial charge in [0.1, 0.15) is 6.54 Å². The summed E-state index contributed by atoms with van der Waals surface area (Å²) in [5, 5.41) is 2.91. The van der Waals surface area contributed by atoms with E-state index in [1.807, 2.05) is 26.0 Å². The molecule has 1 amide bonds. The SMILES string of the molecule is Cc1ccc(N(CC(=O)NCC2CCCCC2)S(C)(=O)=O)c(C)c1. The summed E-state index contributed by atoms with van der Waals surface area (Å²) >= 11 is 0. The van der Waals surface area contributed by atoms with Crippen LogP contribution in [0.5, 0.6) is 0 Å². The zero-order valence-corrected chi connectivity index (χ0v) is 15.7. The fourth-order valence-electron chi connectivity index (χ4n) is 3.30. The van der Waals surface area contributed by atoms with Crippen LogP contribution in [0.1, 0.15) is 43.2 Å². The van der Waals surface area contributed by atoms with Gasteiger partial charge >= 0.3 is 0 Å². The summed E-state index contributed by atoms with van der Waals surface area (Å²) in [6, 6.07) is 5.55. The van der Waals surface area contributed by atoms with Crippen LogP contribution >= 0.6 is 0 Å². The minimum atomic E-state index is -3.52. The molecule has 1 aliphatic carbocycles. The van der Waals surface area contributed by atoms with Crippen LogP contribution in [0.3, 0.4) is 0 Å². The van der Waals surface area contributed by atoms with Crippen LogP contribution in [0.15, 0.2) is 18.2 Å². The van der Waals surface area contributed by atoms with Crippen molar-refractivity contribution in [1.82, 2.24) is 5.32 Å². The fourth-order valence-corrected chi connectivity index (χ4v) is 4.22. The topological polar surface area (TPSA) is 66.5 Å². The van der Waals surface area contributed by atoms with E-state index in [-0.39, 0.29) is 12.5 Å². The number of carbonyl (C=O) groups is 1. The molecule has 0 aliphatic heterocycles. The van der Waals surface area contributed by atoms with E-state index in [1.54, 1.807) is 6.07 Å². The van der Waals surface area contributed by atoms with Crippen molar-refractivity contribution < 1.29 is 13.2 Å². The van der Waals surface area contributed by atoms with Crippen molar-refractivity contribution in [1.29, 1.82) is 0 Å². The molecule has 0 aromatic heterocycles. The van der Waals surface area contributed by atoms with Gasteiger partial charge in [-0.2, -0.15) is 0 Å². The second-order valence-corrected chi connectivity index (χ2v) is 8.77. The van der Waals surface area contributed by atoms with Gasteiger partial charge in [0.2, 0.25) is 15.9 Å². The molecule has 1 aromatic carbocycles. The lowest BCUT2D eigenvalue weighted by molar-refractivity contribution is -0.119. The van der Waals surface area contributed by atoms with Crippen molar-refractivity contribution in [3.05, 3.63) is 29.3 Å². The minimum absolute atomic E-state index is 0.171. The zero-order chi connectivity index (χ0) is 17.7. The largest absolute Gasteiger partial charge is 0.354 e. The number of benzene rings is 1. The molecule has 24 heavy (non-hydrogen) atoms. The highest BCUT2D eigenvalue weighted by atomic mass is 32.2. The van der Waals surface area contributed by atoms with E-state index in [0.717, 1.165) is 30.2 Å². The molecule has 5 nitrogen and oxygen atoms in total. The Bertz CT molecular complexity index is 680. The number of aryl methyl sites for hydroxylation is 2. The lowest BCUT2D eigenvalue weighted by atomic mass is 9.89. The van der Waals surface area contributed by atoms with Gasteiger partial charge in [0.05, 0.1) is 11.9 Å². The van der Waals surface area contributed by atoms with E-state index in [0.29, 0.717) is 18.2 Å². The molecular weight excluding hydrogens is 324 g/mol. The quantitative estimate of drug-likeness (QED) is 0.856. The predicted octanol–water partition coefficient (Wildman–Crippen LogP) is 2.77. The molecular formula is C18H28N2O3S. The van der Waals surface area contributed by atoms with E-state index in [2.05, 4.69) is 5.32 Å². The Labute approximate surface area is 145 Å². The zero-order valence-electron chi connectivity index (χ0n) is 14.8. The highest BCUT2D eigenvalue weighted by Crippen LogP contribution is 2.24. The van der Waals surface area contributed by atoms with Crippen LogP contribution in [0.2, 0.25) is 0 Å². The summed E-state index contributed by atoms with van der Waals surface area (Å²) < 4.78 is 25.5. The Kier molecular flexibility index (Phi) is 6.27. The Morgan fingerprint density at radius 3 is 2.46 bits per heavy atom. The smallest absolute Gasteiger partial charge is 0.240 e. The summed E-state index contributed by atoms with van der Waals surface area (Å²) in [6.07, 6.45) is 7.15. The van der Waals surface area contributed by atoms with Gasteiger partial charge in [-0.1, -0.05) is 37.0 Å². The minimum Gasteiger partial charge on any atom is -0.354 e. The van der Waals surface area contributed by atoms with Crippen LogP contribution in [0.25, 0.3) is 0 Å². The van der Waals surface area contributed by atoms with E-state index in [4.69, 9.17) is 0 Å². The van der Waals surface area contributed by atoms with Crippen molar-refractivity contribution in [2.24, 2.45) is 5.92 Å². The van der Waals surface area contributed by atoms with Crippen molar-refractivity contribution >= 4 is 21.6 Å². The number of nitrogens with zero attached hydrogens (tertiary/aromatic N) is 1. The number of carbonyl (C=O) groups excluding carboxylic acids is 1. The Morgan fingerprint density at radius 1 is 1.21 bits per heavy atom. The van der Waals surface area contributed by atoms with Gasteiger partial charge in [-0.25, -0.2) is 8.42 Å². The lowest BCUT2D eigenvalue weighted by Gasteiger charge is -2.25. The number of nitrogens with one attached hydrogen (secondary N) is 1. The average Bonchev–Trinajstić information content (AvgIpc) is 2.51. The number of rotatable bonds is 6. The molecule has 6 heteroatoms. The molecule has 0 unspecified atom stereocenters. The third-order valence-electron chi connectivity index (χ3n) is 4.62. The first-order chi connectivity index (χ1) is 11.3. The number of amides is 1. The van der Waals surface area contributed by atoms with Gasteiger partial charge in [-0.15, -0.1) is 0 Å².